The lowest BCUT2D eigenvalue weighted by Crippen LogP contribution is -2.14. The van der Waals surface area contributed by atoms with Gasteiger partial charge in [-0.25, -0.2) is 0 Å². The van der Waals surface area contributed by atoms with Crippen LogP contribution in [0.15, 0.2) is 78.9 Å². The number of nitro groups is 1. The van der Waals surface area contributed by atoms with Crippen molar-refractivity contribution >= 4 is 28.9 Å². The molecule has 3 aromatic rings. The fourth-order valence-electron chi connectivity index (χ4n) is 2.43. The maximum atomic E-state index is 12.3. The number of nitro benzene ring substituents is 1. The molecule has 3 aromatic carbocycles. The largest absolute Gasteiger partial charge is 0.322 e. The number of carbonyl (C=O) groups excluding carboxylic acids is 2. The van der Waals surface area contributed by atoms with Crippen molar-refractivity contribution in [1.29, 1.82) is 0 Å². The normalized spacial score (nSPS) is 10.1. The van der Waals surface area contributed by atoms with Crippen LogP contribution in [0.1, 0.15) is 20.7 Å². The highest BCUT2D eigenvalue weighted by Crippen LogP contribution is 2.17. The molecule has 0 atom stereocenters. The Kier molecular flexibility index (Phi) is 5.22. The molecule has 2 amide bonds. The molecule has 2 N–H and O–H groups in total. The van der Waals surface area contributed by atoms with Gasteiger partial charge in [-0.15, -0.1) is 0 Å². The Morgan fingerprint density at radius 1 is 0.704 bits per heavy atom. The summed E-state index contributed by atoms with van der Waals surface area (Å²) < 4.78 is 0. The van der Waals surface area contributed by atoms with E-state index in [1.807, 2.05) is 18.2 Å². The molecule has 3 rings (SSSR count). The third kappa shape index (κ3) is 4.55. The van der Waals surface area contributed by atoms with E-state index in [4.69, 9.17) is 0 Å². The van der Waals surface area contributed by atoms with Crippen LogP contribution in [0.25, 0.3) is 0 Å². The molecular weight excluding hydrogens is 346 g/mol. The van der Waals surface area contributed by atoms with Crippen molar-refractivity contribution in [1.82, 2.24) is 0 Å². The van der Waals surface area contributed by atoms with Crippen molar-refractivity contribution in [3.63, 3.8) is 0 Å². The molecule has 0 aliphatic carbocycles. The quantitative estimate of drug-likeness (QED) is 0.527. The number of non-ortho nitro benzene ring substituents is 1. The van der Waals surface area contributed by atoms with Crippen molar-refractivity contribution in [3.05, 3.63) is 100 Å². The highest BCUT2D eigenvalue weighted by molar-refractivity contribution is 6.07. The summed E-state index contributed by atoms with van der Waals surface area (Å²) in [6, 6.07) is 20.9. The van der Waals surface area contributed by atoms with Gasteiger partial charge in [0, 0.05) is 34.6 Å². The third-order valence-corrected chi connectivity index (χ3v) is 3.73. The Labute approximate surface area is 154 Å². The summed E-state index contributed by atoms with van der Waals surface area (Å²) in [7, 11) is 0. The first-order chi connectivity index (χ1) is 13.0. The molecule has 0 spiro atoms. The molecule has 27 heavy (non-hydrogen) atoms. The van der Waals surface area contributed by atoms with Crippen LogP contribution in [0.5, 0.6) is 0 Å². The van der Waals surface area contributed by atoms with Crippen molar-refractivity contribution in [2.24, 2.45) is 0 Å². The fraction of sp³-hybridized carbons (Fsp3) is 0. The lowest BCUT2D eigenvalue weighted by Gasteiger charge is -2.08. The van der Waals surface area contributed by atoms with Gasteiger partial charge >= 0.3 is 0 Å². The maximum Gasteiger partial charge on any atom is 0.270 e. The minimum Gasteiger partial charge on any atom is -0.322 e. The van der Waals surface area contributed by atoms with Gasteiger partial charge in [0.25, 0.3) is 17.5 Å². The predicted molar refractivity (Wildman–Crippen MR) is 102 cm³/mol. The van der Waals surface area contributed by atoms with E-state index in [0.29, 0.717) is 16.9 Å². The van der Waals surface area contributed by atoms with Gasteiger partial charge in [-0.3, -0.25) is 19.7 Å². The first-order valence-electron chi connectivity index (χ1n) is 8.05. The average molecular weight is 361 g/mol. The summed E-state index contributed by atoms with van der Waals surface area (Å²) in [5.74, 6) is -0.813. The van der Waals surface area contributed by atoms with Crippen molar-refractivity contribution in [3.8, 4) is 0 Å². The van der Waals surface area contributed by atoms with Crippen LogP contribution in [-0.4, -0.2) is 16.7 Å². The smallest absolute Gasteiger partial charge is 0.270 e. The van der Waals surface area contributed by atoms with E-state index in [-0.39, 0.29) is 17.2 Å². The predicted octanol–water partition coefficient (Wildman–Crippen LogP) is 4.10. The molecular formula is C20H15N3O4. The minimum atomic E-state index is -0.564. The topological polar surface area (TPSA) is 101 Å². The summed E-state index contributed by atoms with van der Waals surface area (Å²) in [5, 5.41) is 16.2. The number of para-hydroxylation sites is 1. The van der Waals surface area contributed by atoms with Gasteiger partial charge in [0.15, 0.2) is 0 Å². The Morgan fingerprint density at radius 3 is 1.93 bits per heavy atom. The van der Waals surface area contributed by atoms with Crippen molar-refractivity contribution in [2.45, 2.75) is 0 Å². The maximum absolute atomic E-state index is 12.3. The average Bonchev–Trinajstić information content (AvgIpc) is 2.69. The van der Waals surface area contributed by atoms with Crippen LogP contribution in [0, 0.1) is 10.1 Å². The molecule has 7 heteroatoms. The number of benzene rings is 3. The Morgan fingerprint density at radius 2 is 1.26 bits per heavy atom. The Bertz CT molecular complexity index is 1000. The summed E-state index contributed by atoms with van der Waals surface area (Å²) in [5.41, 5.74) is 1.43. The summed E-state index contributed by atoms with van der Waals surface area (Å²) in [6.07, 6.45) is 0. The van der Waals surface area contributed by atoms with Crippen LogP contribution in [0.4, 0.5) is 17.1 Å². The van der Waals surface area contributed by atoms with E-state index in [1.165, 1.54) is 30.3 Å². The van der Waals surface area contributed by atoms with Crippen LogP contribution in [0.3, 0.4) is 0 Å². The zero-order valence-corrected chi connectivity index (χ0v) is 14.1. The molecule has 0 saturated heterocycles. The van der Waals surface area contributed by atoms with Crippen LogP contribution >= 0.6 is 0 Å². The number of nitrogens with one attached hydrogen (secondary N) is 2. The first-order valence-corrected chi connectivity index (χ1v) is 8.05. The molecule has 7 nitrogen and oxygen atoms in total. The third-order valence-electron chi connectivity index (χ3n) is 3.73. The zero-order chi connectivity index (χ0) is 19.2. The molecule has 0 heterocycles. The van der Waals surface area contributed by atoms with Gasteiger partial charge in [0.1, 0.15) is 0 Å². The number of hydrogen-bond acceptors (Lipinski definition) is 4. The number of anilines is 2. The number of hydrogen-bond donors (Lipinski definition) is 2. The second kappa shape index (κ2) is 7.92. The molecule has 134 valence electrons. The molecule has 0 unspecified atom stereocenters. The highest BCUT2D eigenvalue weighted by atomic mass is 16.6. The molecule has 0 saturated carbocycles. The molecule has 0 fully saturated rings. The van der Waals surface area contributed by atoms with Gasteiger partial charge < -0.3 is 10.6 Å². The number of rotatable bonds is 5. The molecule has 0 radical (unpaired) electrons. The molecule has 0 aliphatic rings. The second-order valence-corrected chi connectivity index (χ2v) is 5.66. The monoisotopic (exact) mass is 361 g/mol. The van der Waals surface area contributed by atoms with E-state index in [1.54, 1.807) is 30.3 Å². The van der Waals surface area contributed by atoms with E-state index < -0.39 is 10.8 Å². The Balaban J connectivity index is 1.74. The summed E-state index contributed by atoms with van der Waals surface area (Å²) >= 11 is 0. The SMILES string of the molecule is O=C(Nc1ccccc1)c1cccc(NC(=O)c2cccc([N+](=O)[O-])c2)c1. The van der Waals surface area contributed by atoms with Gasteiger partial charge in [-0.1, -0.05) is 30.3 Å². The van der Waals surface area contributed by atoms with E-state index in [0.717, 1.165) is 0 Å². The second-order valence-electron chi connectivity index (χ2n) is 5.66. The standard InChI is InChI=1S/C20H15N3O4/c24-19(21-16-8-2-1-3-9-16)14-6-4-10-17(12-14)22-20(25)15-7-5-11-18(13-15)23(26)27/h1-13H,(H,21,24)(H,22,25). The van der Waals surface area contributed by atoms with Gasteiger partial charge in [-0.2, -0.15) is 0 Å². The molecule has 0 bridgehead atoms. The molecule has 0 aromatic heterocycles. The first kappa shape index (κ1) is 17.8. The van der Waals surface area contributed by atoms with Gasteiger partial charge in [-0.05, 0) is 36.4 Å². The minimum absolute atomic E-state index is 0.156. The zero-order valence-electron chi connectivity index (χ0n) is 14.1. The molecule has 0 aliphatic heterocycles. The van der Waals surface area contributed by atoms with E-state index in [9.17, 15) is 19.7 Å². The highest BCUT2D eigenvalue weighted by Gasteiger charge is 2.13. The Hall–Kier alpha value is -4.00. The summed E-state index contributed by atoms with van der Waals surface area (Å²) in [6.45, 7) is 0. The van der Waals surface area contributed by atoms with Crippen LogP contribution in [-0.2, 0) is 0 Å². The van der Waals surface area contributed by atoms with Crippen LogP contribution < -0.4 is 10.6 Å². The number of amides is 2. The van der Waals surface area contributed by atoms with Crippen LogP contribution in [0.2, 0.25) is 0 Å². The number of nitrogens with zero attached hydrogens (tertiary/aromatic N) is 1. The van der Waals surface area contributed by atoms with Gasteiger partial charge in [0.2, 0.25) is 0 Å². The van der Waals surface area contributed by atoms with E-state index >= 15 is 0 Å². The van der Waals surface area contributed by atoms with Gasteiger partial charge in [0.05, 0.1) is 4.92 Å². The number of carbonyl (C=O) groups is 2. The lowest BCUT2D eigenvalue weighted by atomic mass is 10.1. The summed E-state index contributed by atoms with van der Waals surface area (Å²) in [4.78, 5) is 34.9. The van der Waals surface area contributed by atoms with Crippen molar-refractivity contribution < 1.29 is 14.5 Å². The lowest BCUT2D eigenvalue weighted by molar-refractivity contribution is -0.384. The van der Waals surface area contributed by atoms with Crippen molar-refractivity contribution in [2.75, 3.05) is 10.6 Å². The fourth-order valence-corrected chi connectivity index (χ4v) is 2.43. The van der Waals surface area contributed by atoms with E-state index in [2.05, 4.69) is 10.6 Å².